The summed E-state index contributed by atoms with van der Waals surface area (Å²) >= 11 is 0. The number of carbonyl (C=O) groups excluding carboxylic acids is 4. The van der Waals surface area contributed by atoms with Gasteiger partial charge in [-0.2, -0.15) is 0 Å². The number of nitrogens with zero attached hydrogens (tertiary/aromatic N) is 8. The molecule has 3 fully saturated rings. The Hall–Kier alpha value is -6.44. The third-order valence-corrected chi connectivity index (χ3v) is 13.9. The largest absolute Gasteiger partial charge is 0.494 e. The van der Waals surface area contributed by atoms with Crippen molar-refractivity contribution in [3.05, 3.63) is 70.9 Å². The molecular formula is C49H57F4N11O9. The average Bonchev–Trinajstić information content (AvgIpc) is 3.90. The Morgan fingerprint density at radius 3 is 2.42 bits per heavy atom. The van der Waals surface area contributed by atoms with E-state index in [4.69, 9.17) is 35.2 Å². The third-order valence-electron chi connectivity index (χ3n) is 13.9. The number of fused-ring (bicyclic) bond motifs is 2. The zero-order valence-electron chi connectivity index (χ0n) is 40.1. The highest BCUT2D eigenvalue weighted by Crippen LogP contribution is 2.37. The summed E-state index contributed by atoms with van der Waals surface area (Å²) < 4.78 is 88.8. The van der Waals surface area contributed by atoms with Gasteiger partial charge in [-0.25, -0.2) is 22.6 Å². The first kappa shape index (κ1) is 51.5. The number of alkyl halides is 2. The normalized spacial score (nSPS) is 23.8. The van der Waals surface area contributed by atoms with Crippen LogP contribution in [0.25, 0.3) is 11.3 Å². The highest BCUT2D eigenvalue weighted by Gasteiger charge is 2.47. The van der Waals surface area contributed by atoms with Gasteiger partial charge in [0.25, 0.3) is 18.2 Å². The predicted octanol–water partition coefficient (Wildman–Crippen LogP) is 2.90. The first-order chi connectivity index (χ1) is 35.2. The number of methoxy groups -OCH3 is 1. The number of amides is 4. The molecule has 5 atom stereocenters. The molecule has 3 unspecified atom stereocenters. The number of hydrogen-bond acceptors (Lipinski definition) is 18. The van der Waals surface area contributed by atoms with Gasteiger partial charge >= 0.3 is 0 Å². The molecule has 2 aromatic carbocycles. The van der Waals surface area contributed by atoms with Crippen molar-refractivity contribution in [2.45, 2.75) is 87.5 Å². The van der Waals surface area contributed by atoms with Crippen molar-refractivity contribution in [1.82, 2.24) is 25.0 Å². The number of anilines is 1. The smallest absolute Gasteiger partial charge is 0.266 e. The van der Waals surface area contributed by atoms with Crippen LogP contribution in [0.15, 0.2) is 57.6 Å². The molecule has 0 saturated carbocycles. The zero-order chi connectivity index (χ0) is 51.4. The van der Waals surface area contributed by atoms with Crippen LogP contribution in [0.3, 0.4) is 0 Å². The lowest BCUT2D eigenvalue weighted by atomic mass is 9.84. The molecule has 20 nitrogen and oxygen atoms in total. The number of imide groups is 2. The van der Waals surface area contributed by atoms with E-state index in [0.717, 1.165) is 17.0 Å². The predicted molar refractivity (Wildman–Crippen MR) is 257 cm³/mol. The highest BCUT2D eigenvalue weighted by atomic mass is 19.3. The number of benzene rings is 2. The van der Waals surface area contributed by atoms with Gasteiger partial charge in [0.05, 0.1) is 86.8 Å². The van der Waals surface area contributed by atoms with E-state index in [9.17, 15) is 23.6 Å². The topological polar surface area (TPSA) is 241 Å². The van der Waals surface area contributed by atoms with Crippen molar-refractivity contribution in [3.63, 3.8) is 0 Å². The molecule has 73 heavy (non-hydrogen) atoms. The Bertz CT molecular complexity index is 2670. The number of carbonyl (C=O) groups is 4. The number of nitrogens with two attached hydrogens (primary N) is 2. The standard InChI is InChI=1S/C49H57F4N11O9/c1-69-39-22-34(50)33(21-35(39)51)36-19-28(24-63-27-59-41-44(54)57-26-58-45(41)63)38(23-56-36)62-10-2-9-49(55,25-62)42(43(52)53)73-29-7-11-61(12-8-29)13-14-70-15-16-71-17-18-72-30-3-4-31-32(20-30)48(68)64(47(31)67)37-5-6-40(65)60-46(37)66/h3-4,19-23,26-27,29,37,41-44H,2,5-18,24-25,54-55H2,1H3,(H,60,65,66)/t37?,41?,42-,44?,49-/m1/s1. The molecule has 0 radical (unpaired) electrons. The monoisotopic (exact) mass is 1020 g/mol. The van der Waals surface area contributed by atoms with E-state index in [-0.39, 0.29) is 73.7 Å². The maximum atomic E-state index is 15.4. The summed E-state index contributed by atoms with van der Waals surface area (Å²) in [6.07, 6.45) is 0.858. The number of hydrogen-bond donors (Lipinski definition) is 3. The van der Waals surface area contributed by atoms with Crippen molar-refractivity contribution < 1.29 is 60.4 Å². The van der Waals surface area contributed by atoms with Gasteiger partial charge in [-0.05, 0) is 68.0 Å². The van der Waals surface area contributed by atoms with Crippen LogP contribution in [-0.2, 0) is 30.3 Å². The number of amidine groups is 1. The van der Waals surface area contributed by atoms with Crippen molar-refractivity contribution in [2.75, 3.05) is 77.8 Å². The summed E-state index contributed by atoms with van der Waals surface area (Å²) in [5, 5.41) is 2.17. The number of rotatable bonds is 20. The molecule has 7 heterocycles. The van der Waals surface area contributed by atoms with Gasteiger partial charge in [-0.15, -0.1) is 0 Å². The molecule has 3 saturated heterocycles. The molecule has 24 heteroatoms. The number of nitrogens with one attached hydrogen (secondary N) is 1. The van der Waals surface area contributed by atoms with E-state index in [1.807, 2.05) is 4.90 Å². The van der Waals surface area contributed by atoms with Gasteiger partial charge in [-0.3, -0.25) is 44.4 Å². The zero-order valence-corrected chi connectivity index (χ0v) is 40.1. The Morgan fingerprint density at radius 1 is 0.890 bits per heavy atom. The summed E-state index contributed by atoms with van der Waals surface area (Å²) in [6, 6.07) is 6.53. The fourth-order valence-electron chi connectivity index (χ4n) is 10.1. The third kappa shape index (κ3) is 11.2. The number of ether oxygens (including phenoxy) is 5. The molecule has 5 N–H and O–H groups in total. The molecule has 390 valence electrons. The molecule has 6 aliphatic rings. The van der Waals surface area contributed by atoms with Crippen LogP contribution < -0.4 is 31.2 Å². The van der Waals surface area contributed by atoms with Gasteiger partial charge in [0.1, 0.15) is 54.7 Å². The minimum atomic E-state index is -2.87. The molecule has 9 rings (SSSR count). The summed E-state index contributed by atoms with van der Waals surface area (Å²) in [5.74, 6) is -3.21. The lowest BCUT2D eigenvalue weighted by Gasteiger charge is -2.47. The fraction of sp³-hybridized carbons (Fsp3) is 0.510. The highest BCUT2D eigenvalue weighted by molar-refractivity contribution is 6.23. The number of pyridine rings is 1. The van der Waals surface area contributed by atoms with Gasteiger partial charge in [-0.1, -0.05) is 0 Å². The Morgan fingerprint density at radius 2 is 1.66 bits per heavy atom. The van der Waals surface area contributed by atoms with Crippen LogP contribution in [-0.4, -0.2) is 177 Å². The second-order valence-corrected chi connectivity index (χ2v) is 18.7. The van der Waals surface area contributed by atoms with Crippen molar-refractivity contribution in [3.8, 4) is 22.8 Å². The molecule has 4 amide bonds. The minimum absolute atomic E-state index is 0.0122. The maximum Gasteiger partial charge on any atom is 0.266 e. The first-order valence-corrected chi connectivity index (χ1v) is 24.2. The van der Waals surface area contributed by atoms with Crippen molar-refractivity contribution >= 4 is 47.8 Å². The van der Waals surface area contributed by atoms with E-state index in [1.54, 1.807) is 23.4 Å². The second-order valence-electron chi connectivity index (χ2n) is 18.7. The number of likely N-dealkylation sites (tertiary alicyclic amines) is 1. The molecule has 1 aromatic heterocycles. The van der Waals surface area contributed by atoms with Crippen LogP contribution in [0.4, 0.5) is 23.2 Å². The Balaban J connectivity index is 0.728. The van der Waals surface area contributed by atoms with E-state index in [0.29, 0.717) is 88.1 Å². The quantitative estimate of drug-likeness (QED) is 0.0838. The van der Waals surface area contributed by atoms with E-state index >= 15 is 13.2 Å². The lowest BCUT2D eigenvalue weighted by Crippen LogP contribution is -2.65. The summed E-state index contributed by atoms with van der Waals surface area (Å²) in [6.45, 7) is 3.92. The molecular weight excluding hydrogens is 963 g/mol. The van der Waals surface area contributed by atoms with E-state index in [1.165, 1.54) is 31.8 Å². The lowest BCUT2D eigenvalue weighted by molar-refractivity contribution is -0.139. The summed E-state index contributed by atoms with van der Waals surface area (Å²) in [4.78, 5) is 74.2. The van der Waals surface area contributed by atoms with Crippen molar-refractivity contribution in [2.24, 2.45) is 26.4 Å². The molecule has 6 aliphatic heterocycles. The maximum absolute atomic E-state index is 15.4. The Labute approximate surface area is 417 Å². The molecule has 0 aliphatic carbocycles. The fourth-order valence-corrected chi connectivity index (χ4v) is 10.1. The Kier molecular flexibility index (Phi) is 15.8. The number of halogens is 4. The number of aromatic nitrogens is 1. The first-order valence-electron chi connectivity index (χ1n) is 24.2. The average molecular weight is 1020 g/mol. The minimum Gasteiger partial charge on any atom is -0.494 e. The molecule has 0 spiro atoms. The van der Waals surface area contributed by atoms with E-state index in [2.05, 4.69) is 30.2 Å². The van der Waals surface area contributed by atoms with Gasteiger partial charge in [0.15, 0.2) is 11.6 Å². The van der Waals surface area contributed by atoms with Crippen LogP contribution in [0.2, 0.25) is 0 Å². The van der Waals surface area contributed by atoms with Crippen LogP contribution in [0, 0.1) is 11.6 Å². The van der Waals surface area contributed by atoms with Gasteiger partial charge < -0.3 is 49.9 Å². The van der Waals surface area contributed by atoms with Crippen LogP contribution >= 0.6 is 0 Å². The van der Waals surface area contributed by atoms with Crippen molar-refractivity contribution in [1.29, 1.82) is 0 Å². The van der Waals surface area contributed by atoms with E-state index < -0.39 is 77.7 Å². The summed E-state index contributed by atoms with van der Waals surface area (Å²) in [7, 11) is 1.24. The number of piperidine rings is 3. The SMILES string of the molecule is COc1cc(F)c(-c2cc(CN3C=NC4C3=NC=NC4N)c(N3CCC[C@](N)([C@H](OC4CCN(CCOCCOCCOc5ccc6c(c5)C(=O)N(C5CCC(=O)NC5=O)C6=O)CC4)C(F)F)C3)cn2)cc1F. The number of aliphatic imine (C=N–C) groups is 3. The van der Waals surface area contributed by atoms with Gasteiger partial charge in [0, 0.05) is 50.8 Å². The summed E-state index contributed by atoms with van der Waals surface area (Å²) in [5.41, 5.74) is 13.2. The van der Waals surface area contributed by atoms with Gasteiger partial charge in [0.2, 0.25) is 11.8 Å². The molecule has 0 bridgehead atoms. The molecule has 3 aromatic rings. The van der Waals surface area contributed by atoms with Crippen LogP contribution in [0.5, 0.6) is 11.5 Å². The second kappa shape index (κ2) is 22.4. The van der Waals surface area contributed by atoms with Crippen LogP contribution in [0.1, 0.15) is 64.8 Å².